The zero-order valence-corrected chi connectivity index (χ0v) is 6.42. The molecule has 3 heteroatoms. The van der Waals surface area contributed by atoms with Crippen molar-refractivity contribution in [2.75, 3.05) is 33.4 Å². The maximum atomic E-state index is 5.36. The van der Waals surface area contributed by atoms with E-state index in [4.69, 9.17) is 4.74 Å². The second-order valence-electron chi connectivity index (χ2n) is 3.06. The monoisotopic (exact) mass is 142 g/mol. The van der Waals surface area contributed by atoms with Gasteiger partial charge in [0.05, 0.1) is 13.2 Å². The van der Waals surface area contributed by atoms with Crippen molar-refractivity contribution >= 4 is 0 Å². The van der Waals surface area contributed by atoms with Gasteiger partial charge in [-0.15, -0.1) is 0 Å². The molecule has 0 aromatic heterocycles. The van der Waals surface area contributed by atoms with E-state index in [0.29, 0.717) is 6.04 Å². The predicted octanol–water partition coefficient (Wildman–Crippen LogP) is -0.0623. The Bertz CT molecular complexity index is 127. The minimum Gasteiger partial charge on any atom is -0.378 e. The molecule has 3 nitrogen and oxygen atoms in total. The summed E-state index contributed by atoms with van der Waals surface area (Å²) in [6, 6.07) is 0.679. The van der Waals surface area contributed by atoms with Crippen molar-refractivity contribution in [1.29, 1.82) is 0 Å². The van der Waals surface area contributed by atoms with Crippen LogP contribution in [0, 0.1) is 0 Å². The minimum atomic E-state index is 0.679. The normalized spacial score (nSPS) is 36.3. The van der Waals surface area contributed by atoms with Gasteiger partial charge in [-0.2, -0.15) is 0 Å². The Labute approximate surface area is 61.5 Å². The number of nitrogens with zero attached hydrogens (tertiary/aromatic N) is 2. The van der Waals surface area contributed by atoms with Crippen molar-refractivity contribution in [3.05, 3.63) is 0 Å². The van der Waals surface area contributed by atoms with Crippen LogP contribution in [0.5, 0.6) is 0 Å². The highest BCUT2D eigenvalue weighted by molar-refractivity contribution is 4.79. The fraction of sp³-hybridized carbons (Fsp3) is 1.00. The summed E-state index contributed by atoms with van der Waals surface area (Å²) in [5, 5.41) is 4.73. The maximum Gasteiger partial charge on any atom is 0.0637 e. The molecule has 0 N–H and O–H groups in total. The average molecular weight is 142 g/mol. The van der Waals surface area contributed by atoms with Crippen LogP contribution in [-0.2, 0) is 4.74 Å². The molecule has 2 aliphatic heterocycles. The Morgan fingerprint density at radius 2 is 2.30 bits per heavy atom. The van der Waals surface area contributed by atoms with Crippen LogP contribution in [0.4, 0.5) is 0 Å². The Hall–Kier alpha value is -0.120. The van der Waals surface area contributed by atoms with Gasteiger partial charge in [-0.25, -0.2) is 10.0 Å². The van der Waals surface area contributed by atoms with Gasteiger partial charge in [0.2, 0.25) is 0 Å². The Balaban J connectivity index is 2.01. The lowest BCUT2D eigenvalue weighted by molar-refractivity contribution is -0.0723. The van der Waals surface area contributed by atoms with Gasteiger partial charge < -0.3 is 4.74 Å². The topological polar surface area (TPSA) is 15.7 Å². The molecule has 0 radical (unpaired) electrons. The minimum absolute atomic E-state index is 0.679. The number of rotatable bonds is 0. The zero-order valence-electron chi connectivity index (χ0n) is 6.42. The number of fused-ring (bicyclic) bond motifs is 1. The smallest absolute Gasteiger partial charge is 0.0637 e. The van der Waals surface area contributed by atoms with E-state index in [1.54, 1.807) is 0 Å². The van der Waals surface area contributed by atoms with Crippen LogP contribution in [0.2, 0.25) is 0 Å². The van der Waals surface area contributed by atoms with Crippen LogP contribution in [0.3, 0.4) is 0 Å². The highest BCUT2D eigenvalue weighted by Gasteiger charge is 2.31. The number of hydrazine groups is 1. The Morgan fingerprint density at radius 3 is 3.10 bits per heavy atom. The SMILES string of the molecule is CN1CCC2COCCN21. The first-order valence-corrected chi connectivity index (χ1v) is 3.93. The highest BCUT2D eigenvalue weighted by Crippen LogP contribution is 2.18. The van der Waals surface area contributed by atoms with Gasteiger partial charge >= 0.3 is 0 Å². The van der Waals surface area contributed by atoms with Crippen LogP contribution >= 0.6 is 0 Å². The van der Waals surface area contributed by atoms with E-state index in [1.165, 1.54) is 13.0 Å². The van der Waals surface area contributed by atoms with E-state index in [1.807, 2.05) is 0 Å². The van der Waals surface area contributed by atoms with Crippen LogP contribution in [-0.4, -0.2) is 49.4 Å². The highest BCUT2D eigenvalue weighted by atomic mass is 16.5. The average Bonchev–Trinajstić information content (AvgIpc) is 2.34. The lowest BCUT2D eigenvalue weighted by Crippen LogP contribution is -2.46. The Kier molecular flexibility index (Phi) is 1.64. The summed E-state index contributed by atoms with van der Waals surface area (Å²) in [4.78, 5) is 0. The molecule has 10 heavy (non-hydrogen) atoms. The fourth-order valence-electron chi connectivity index (χ4n) is 1.79. The van der Waals surface area contributed by atoms with Crippen molar-refractivity contribution < 1.29 is 4.74 Å². The first kappa shape index (κ1) is 6.58. The summed E-state index contributed by atoms with van der Waals surface area (Å²) in [6.45, 7) is 4.13. The summed E-state index contributed by atoms with van der Waals surface area (Å²) in [5.74, 6) is 0. The Morgan fingerprint density at radius 1 is 1.40 bits per heavy atom. The molecule has 58 valence electrons. The number of hydrogen-bond acceptors (Lipinski definition) is 3. The van der Waals surface area contributed by atoms with Gasteiger partial charge in [0.1, 0.15) is 0 Å². The van der Waals surface area contributed by atoms with Gasteiger partial charge in [-0.1, -0.05) is 0 Å². The van der Waals surface area contributed by atoms with E-state index in [0.717, 1.165) is 19.8 Å². The molecular weight excluding hydrogens is 128 g/mol. The van der Waals surface area contributed by atoms with Gasteiger partial charge in [0.15, 0.2) is 0 Å². The van der Waals surface area contributed by atoms with Crippen molar-refractivity contribution in [2.45, 2.75) is 12.5 Å². The van der Waals surface area contributed by atoms with Gasteiger partial charge in [0, 0.05) is 26.2 Å². The second kappa shape index (κ2) is 2.49. The zero-order chi connectivity index (χ0) is 6.97. The van der Waals surface area contributed by atoms with E-state index in [-0.39, 0.29) is 0 Å². The molecule has 1 unspecified atom stereocenters. The molecule has 0 amide bonds. The summed E-state index contributed by atoms with van der Waals surface area (Å²) < 4.78 is 5.36. The summed E-state index contributed by atoms with van der Waals surface area (Å²) in [5.41, 5.74) is 0. The number of hydrogen-bond donors (Lipinski definition) is 0. The quantitative estimate of drug-likeness (QED) is 0.471. The van der Waals surface area contributed by atoms with Gasteiger partial charge in [-0.3, -0.25) is 0 Å². The third-order valence-corrected chi connectivity index (χ3v) is 2.42. The third-order valence-electron chi connectivity index (χ3n) is 2.42. The maximum absolute atomic E-state index is 5.36. The standard InChI is InChI=1S/C7H14N2O/c1-8-3-2-7-6-10-5-4-9(7)8/h7H,2-6H2,1H3. The molecule has 0 aliphatic carbocycles. The van der Waals surface area contributed by atoms with Crippen molar-refractivity contribution in [1.82, 2.24) is 10.0 Å². The van der Waals surface area contributed by atoms with Crippen molar-refractivity contribution in [3.63, 3.8) is 0 Å². The molecule has 2 rings (SSSR count). The molecule has 0 spiro atoms. The van der Waals surface area contributed by atoms with Crippen molar-refractivity contribution in [3.8, 4) is 0 Å². The predicted molar refractivity (Wildman–Crippen MR) is 38.6 cm³/mol. The van der Waals surface area contributed by atoms with Crippen LogP contribution in [0.15, 0.2) is 0 Å². The molecule has 2 heterocycles. The van der Waals surface area contributed by atoms with Crippen LogP contribution < -0.4 is 0 Å². The number of ether oxygens (including phenoxy) is 1. The van der Waals surface area contributed by atoms with Gasteiger partial charge in [-0.05, 0) is 6.42 Å². The van der Waals surface area contributed by atoms with E-state index >= 15 is 0 Å². The molecular formula is C7H14N2O. The van der Waals surface area contributed by atoms with Crippen molar-refractivity contribution in [2.24, 2.45) is 0 Å². The molecule has 0 bridgehead atoms. The first-order valence-electron chi connectivity index (χ1n) is 3.93. The van der Waals surface area contributed by atoms with E-state index in [9.17, 15) is 0 Å². The third kappa shape index (κ3) is 0.944. The fourth-order valence-corrected chi connectivity index (χ4v) is 1.79. The lowest BCUT2D eigenvalue weighted by atomic mass is 10.2. The van der Waals surface area contributed by atoms with E-state index in [2.05, 4.69) is 17.1 Å². The molecule has 2 fully saturated rings. The molecule has 2 aliphatic rings. The van der Waals surface area contributed by atoms with Crippen LogP contribution in [0.1, 0.15) is 6.42 Å². The lowest BCUT2D eigenvalue weighted by Gasteiger charge is -2.33. The number of morpholine rings is 1. The van der Waals surface area contributed by atoms with Gasteiger partial charge in [0.25, 0.3) is 0 Å². The van der Waals surface area contributed by atoms with Crippen LogP contribution in [0.25, 0.3) is 0 Å². The summed E-state index contributed by atoms with van der Waals surface area (Å²) in [7, 11) is 2.16. The largest absolute Gasteiger partial charge is 0.378 e. The first-order chi connectivity index (χ1) is 4.88. The molecule has 0 aromatic rings. The summed E-state index contributed by atoms with van der Waals surface area (Å²) in [6.07, 6.45) is 1.27. The molecule has 0 saturated carbocycles. The summed E-state index contributed by atoms with van der Waals surface area (Å²) >= 11 is 0. The molecule has 0 aromatic carbocycles. The second-order valence-corrected chi connectivity index (χ2v) is 3.06. The molecule has 2 saturated heterocycles. The van der Waals surface area contributed by atoms with E-state index < -0.39 is 0 Å². The molecule has 1 atom stereocenters.